The first-order valence-corrected chi connectivity index (χ1v) is 22.7. The van der Waals surface area contributed by atoms with Gasteiger partial charge in [-0.1, -0.05) is 73.3 Å². The minimum absolute atomic E-state index is 0.0192. The van der Waals surface area contributed by atoms with Crippen molar-refractivity contribution in [3.05, 3.63) is 12.7 Å². The summed E-state index contributed by atoms with van der Waals surface area (Å²) in [7, 11) is 1.91. The number of rotatable bonds is 13. The van der Waals surface area contributed by atoms with Gasteiger partial charge in [0.1, 0.15) is 23.7 Å². The molecule has 7 atom stereocenters. The third-order valence-corrected chi connectivity index (χ3v) is 16.9. The van der Waals surface area contributed by atoms with Crippen LogP contribution in [0.5, 0.6) is 0 Å². The predicted octanol–water partition coefficient (Wildman–Crippen LogP) is 5.33. The third kappa shape index (κ3) is 7.68. The largest absolute Gasteiger partial charge is 0.343 e. The summed E-state index contributed by atoms with van der Waals surface area (Å²) in [5.74, 6) is -1.61. The van der Waals surface area contributed by atoms with E-state index in [4.69, 9.17) is 0 Å². The summed E-state index contributed by atoms with van der Waals surface area (Å²) in [6.07, 6.45) is 12.4. The van der Waals surface area contributed by atoms with Crippen LogP contribution in [0.15, 0.2) is 12.7 Å². The molecule has 0 aromatic carbocycles. The van der Waals surface area contributed by atoms with E-state index in [1.165, 1.54) is 12.1 Å². The van der Waals surface area contributed by atoms with Gasteiger partial charge in [-0.2, -0.15) is 0 Å². The minimum Gasteiger partial charge on any atom is -0.343 e. The molecule has 4 N–H and O–H groups in total. The van der Waals surface area contributed by atoms with Gasteiger partial charge in [0, 0.05) is 35.6 Å². The Kier molecular flexibility index (Phi) is 12.1. The predicted molar refractivity (Wildman–Crippen MR) is 225 cm³/mol. The van der Waals surface area contributed by atoms with Gasteiger partial charge >= 0.3 is 0 Å². The smallest absolute Gasteiger partial charge is 0.257 e. The Morgan fingerprint density at radius 3 is 2.07 bits per heavy atom. The van der Waals surface area contributed by atoms with Crippen molar-refractivity contribution in [2.45, 2.75) is 175 Å². The number of hydrogen-bond acceptors (Lipinski definition) is 8. The van der Waals surface area contributed by atoms with Crippen LogP contribution in [0.1, 0.15) is 139 Å². The van der Waals surface area contributed by atoms with Crippen LogP contribution in [-0.2, 0) is 24.0 Å². The second-order valence-electron chi connectivity index (χ2n) is 21.0. The van der Waals surface area contributed by atoms with Gasteiger partial charge in [0.2, 0.25) is 23.6 Å². The van der Waals surface area contributed by atoms with E-state index >= 15 is 4.79 Å². The van der Waals surface area contributed by atoms with Crippen molar-refractivity contribution in [3.8, 4) is 0 Å². The van der Waals surface area contributed by atoms with Gasteiger partial charge in [-0.3, -0.25) is 33.6 Å². The van der Waals surface area contributed by atoms with E-state index in [1.807, 2.05) is 32.1 Å². The molecule has 57 heavy (non-hydrogen) atoms. The van der Waals surface area contributed by atoms with Crippen molar-refractivity contribution >= 4 is 41.7 Å². The first kappa shape index (κ1) is 43.9. The molecule has 6 aliphatic rings. The number of carbonyl (C=O) groups is 5. The van der Waals surface area contributed by atoms with Crippen molar-refractivity contribution < 1.29 is 24.0 Å². The number of hydrogen-bond donors (Lipinski definition) is 4. The van der Waals surface area contributed by atoms with Gasteiger partial charge in [0.05, 0.1) is 6.04 Å². The van der Waals surface area contributed by atoms with Crippen LogP contribution in [-0.4, -0.2) is 106 Å². The molecule has 0 radical (unpaired) electrons. The lowest BCUT2D eigenvalue weighted by Crippen LogP contribution is -2.62. The first-order chi connectivity index (χ1) is 26.6. The second-order valence-corrected chi connectivity index (χ2v) is 21.9. The highest BCUT2D eigenvalue weighted by Crippen LogP contribution is 2.88. The van der Waals surface area contributed by atoms with Crippen LogP contribution in [0.2, 0.25) is 0 Å². The molecule has 6 rings (SSSR count). The summed E-state index contributed by atoms with van der Waals surface area (Å²) in [6, 6.07) is -2.76. The fourth-order valence-corrected chi connectivity index (χ4v) is 12.1. The molecule has 2 heterocycles. The van der Waals surface area contributed by atoms with E-state index in [0.29, 0.717) is 19.4 Å². The summed E-state index contributed by atoms with van der Waals surface area (Å²) >= 11 is 1.21. The van der Waals surface area contributed by atoms with Crippen molar-refractivity contribution in [2.24, 2.45) is 33.5 Å². The van der Waals surface area contributed by atoms with Crippen LogP contribution >= 0.6 is 12.1 Å². The Labute approximate surface area is 346 Å². The number of nitrogens with one attached hydrogen (secondary N) is 4. The van der Waals surface area contributed by atoms with Crippen LogP contribution in [0.25, 0.3) is 0 Å². The van der Waals surface area contributed by atoms with E-state index in [-0.39, 0.29) is 69.2 Å². The van der Waals surface area contributed by atoms with Crippen molar-refractivity contribution in [1.82, 2.24) is 34.8 Å². The van der Waals surface area contributed by atoms with Crippen LogP contribution < -0.4 is 20.7 Å². The molecule has 0 aromatic heterocycles. The molecule has 0 bridgehead atoms. The molecule has 2 aliphatic heterocycles. The zero-order valence-electron chi connectivity index (χ0n) is 36.6. The van der Waals surface area contributed by atoms with Crippen molar-refractivity contribution in [2.75, 3.05) is 26.7 Å². The van der Waals surface area contributed by atoms with Gasteiger partial charge in [-0.25, -0.2) is 4.31 Å². The van der Waals surface area contributed by atoms with E-state index in [1.54, 1.807) is 11.0 Å². The summed E-state index contributed by atoms with van der Waals surface area (Å²) in [4.78, 5) is 76.2. The first-order valence-electron chi connectivity index (χ1n) is 21.9. The molecule has 6 fully saturated rings. The highest BCUT2D eigenvalue weighted by atomic mass is 32.2. The zero-order valence-corrected chi connectivity index (χ0v) is 37.5. The molecule has 0 aromatic rings. The van der Waals surface area contributed by atoms with Gasteiger partial charge in [0.25, 0.3) is 5.91 Å². The van der Waals surface area contributed by atoms with Gasteiger partial charge in [-0.05, 0) is 114 Å². The molecular weight excluding hydrogens is 739 g/mol. The molecule has 2 saturated heterocycles. The fraction of sp³-hybridized carbons (Fsp3) is 0.841. The van der Waals surface area contributed by atoms with Gasteiger partial charge in [0.15, 0.2) is 0 Å². The topological polar surface area (TPSA) is 143 Å². The molecule has 13 heteroatoms. The Bertz CT molecular complexity index is 1600. The van der Waals surface area contributed by atoms with Crippen LogP contribution in [0.3, 0.4) is 0 Å². The Hall–Kier alpha value is -2.64. The lowest BCUT2D eigenvalue weighted by molar-refractivity contribution is -0.145. The lowest BCUT2D eigenvalue weighted by Gasteiger charge is -2.38. The maximum absolute atomic E-state index is 15.2. The average molecular weight is 812 g/mol. The number of fused-ring (bicyclic) bond motifs is 1. The van der Waals surface area contributed by atoms with Gasteiger partial charge < -0.3 is 20.9 Å². The molecule has 7 unspecified atom stereocenters. The Balaban J connectivity index is 1.26. The van der Waals surface area contributed by atoms with Crippen molar-refractivity contribution in [1.29, 1.82) is 0 Å². The fourth-order valence-electron chi connectivity index (χ4n) is 11.4. The summed E-state index contributed by atoms with van der Waals surface area (Å²) in [5.41, 5.74) is -2.31. The Morgan fingerprint density at radius 1 is 0.877 bits per heavy atom. The summed E-state index contributed by atoms with van der Waals surface area (Å²) < 4.78 is 4.93. The third-order valence-electron chi connectivity index (χ3n) is 15.8. The van der Waals surface area contributed by atoms with Crippen molar-refractivity contribution in [3.63, 3.8) is 0 Å². The molecule has 2 spiro atoms. The zero-order chi connectivity index (χ0) is 41.9. The van der Waals surface area contributed by atoms with E-state index in [0.717, 1.165) is 77.3 Å². The number of amides is 5. The van der Waals surface area contributed by atoms with Crippen LogP contribution in [0, 0.1) is 33.5 Å². The highest BCUT2D eigenvalue weighted by molar-refractivity contribution is 7.95. The maximum atomic E-state index is 15.2. The van der Waals surface area contributed by atoms with E-state index in [9.17, 15) is 19.2 Å². The Morgan fingerprint density at radius 2 is 1.54 bits per heavy atom. The van der Waals surface area contributed by atoms with E-state index < -0.39 is 29.1 Å². The number of nitrogens with zero attached hydrogens (tertiary/aromatic N) is 3. The average Bonchev–Trinajstić information content (AvgIpc) is 3.64. The molecule has 320 valence electrons. The molecule has 4 saturated carbocycles. The van der Waals surface area contributed by atoms with E-state index in [2.05, 4.69) is 73.7 Å². The summed E-state index contributed by atoms with van der Waals surface area (Å²) in [6.45, 7) is 24.7. The number of carbonyl (C=O) groups excluding carboxylic acids is 5. The quantitative estimate of drug-likeness (QED) is 0.145. The molecule has 12 nitrogen and oxygen atoms in total. The number of likely N-dealkylation sites (N-methyl/N-ethyl adjacent to an activating group) is 1. The minimum atomic E-state index is -1.15. The molecule has 4 aliphatic carbocycles. The normalized spacial score (nSPS) is 31.7. The SMILES string of the molecule is C=CC1CC1(NC(=O)C1CC2(CN1C(=O)C(NC(=O)C(NC(=O)C1CCCN1CC)C1CCCCC1)C(C)(C)C)C(C)(C)C21CCC1)C(=O)NSN(C)C(C)(C)C. The summed E-state index contributed by atoms with van der Waals surface area (Å²) in [5, 5.41) is 9.54. The lowest BCUT2D eigenvalue weighted by atomic mass is 9.73. The van der Waals surface area contributed by atoms with Crippen LogP contribution in [0.4, 0.5) is 0 Å². The highest BCUT2D eigenvalue weighted by Gasteiger charge is 2.85. The molecular formula is C44H73N7O5S. The standard InChI is InChI=1S/C44H73N7O5S/c1-12-29-25-44(29,38(56)48-57-49(11)40(6,7)8)47-35(53)31-26-43(41(9,10)42(43)22-18-23-42)27-51(31)37(55)33(39(3,4)5)46-36(54)32(28-19-15-14-16-20-28)45-34(52)30-21-17-24-50(30)13-2/h12,28-33H,1,13-27H2,2-11H3,(H,45,52)(H,46,54)(H,47,53)(H,48,56). The number of likely N-dealkylation sites (tertiary alicyclic amines) is 2. The monoisotopic (exact) mass is 812 g/mol. The molecule has 5 amide bonds. The van der Waals surface area contributed by atoms with Gasteiger partial charge in [-0.15, -0.1) is 6.58 Å². The maximum Gasteiger partial charge on any atom is 0.257 e. The second kappa shape index (κ2) is 15.8.